The molecule has 4 nitrogen and oxygen atoms in total. The van der Waals surface area contributed by atoms with Gasteiger partial charge in [-0.25, -0.2) is 0 Å². The summed E-state index contributed by atoms with van der Waals surface area (Å²) in [6.45, 7) is 9.87. The van der Waals surface area contributed by atoms with Gasteiger partial charge < -0.3 is 15.1 Å². The van der Waals surface area contributed by atoms with Gasteiger partial charge in [0.25, 0.3) is 0 Å². The van der Waals surface area contributed by atoms with Crippen molar-refractivity contribution >= 4 is 29.9 Å². The van der Waals surface area contributed by atoms with E-state index in [2.05, 4.69) is 65.3 Å². The van der Waals surface area contributed by atoms with Crippen molar-refractivity contribution in [2.45, 2.75) is 26.8 Å². The maximum atomic E-state index is 4.42. The molecule has 0 spiro atoms. The molecule has 1 aliphatic rings. The van der Waals surface area contributed by atoms with Crippen LogP contribution in [0.3, 0.4) is 0 Å². The van der Waals surface area contributed by atoms with Gasteiger partial charge in [0.15, 0.2) is 5.96 Å². The second-order valence-electron chi connectivity index (χ2n) is 6.32. The van der Waals surface area contributed by atoms with Crippen LogP contribution in [0.2, 0.25) is 0 Å². The molecule has 0 saturated carbocycles. The number of nitrogens with zero attached hydrogens (tertiary/aromatic N) is 3. The number of likely N-dealkylation sites (tertiary alicyclic amines) is 1. The Morgan fingerprint density at radius 2 is 2.04 bits per heavy atom. The van der Waals surface area contributed by atoms with E-state index in [1.54, 1.807) is 0 Å². The molecule has 0 aromatic heterocycles. The first-order valence-corrected chi connectivity index (χ1v) is 8.32. The van der Waals surface area contributed by atoms with E-state index in [-0.39, 0.29) is 24.0 Å². The minimum Gasteiger partial charge on any atom is -0.356 e. The van der Waals surface area contributed by atoms with Crippen LogP contribution in [0.5, 0.6) is 0 Å². The van der Waals surface area contributed by atoms with E-state index >= 15 is 0 Å². The van der Waals surface area contributed by atoms with Gasteiger partial charge in [-0.05, 0) is 37.9 Å². The molecular weight excluding hydrogens is 399 g/mol. The van der Waals surface area contributed by atoms with Crippen molar-refractivity contribution in [2.24, 2.45) is 10.9 Å². The Morgan fingerprint density at radius 3 is 2.61 bits per heavy atom. The van der Waals surface area contributed by atoms with Crippen molar-refractivity contribution < 1.29 is 0 Å². The van der Waals surface area contributed by atoms with Gasteiger partial charge in [0.05, 0.1) is 0 Å². The highest BCUT2D eigenvalue weighted by Gasteiger charge is 2.21. The fourth-order valence-corrected chi connectivity index (χ4v) is 3.03. The van der Waals surface area contributed by atoms with Crippen LogP contribution in [0.15, 0.2) is 29.3 Å². The van der Waals surface area contributed by atoms with Gasteiger partial charge in [0.1, 0.15) is 0 Å². The molecule has 23 heavy (non-hydrogen) atoms. The molecule has 1 fully saturated rings. The summed E-state index contributed by atoms with van der Waals surface area (Å²) in [7, 11) is 3.96. The van der Waals surface area contributed by atoms with Crippen LogP contribution in [0.1, 0.15) is 24.5 Å². The average Bonchev–Trinajstić information content (AvgIpc) is 2.98. The number of hydrogen-bond donors (Lipinski definition) is 1. The first-order valence-electron chi connectivity index (χ1n) is 8.32. The number of halogens is 1. The Kier molecular flexibility index (Phi) is 8.91. The number of benzene rings is 1. The molecule has 2 rings (SSSR count). The second kappa shape index (κ2) is 10.1. The summed E-state index contributed by atoms with van der Waals surface area (Å²) in [4.78, 5) is 9.13. The predicted octanol–water partition coefficient (Wildman–Crippen LogP) is 2.96. The van der Waals surface area contributed by atoms with Crippen molar-refractivity contribution in [1.29, 1.82) is 0 Å². The zero-order chi connectivity index (χ0) is 15.9. The lowest BCUT2D eigenvalue weighted by atomic mass is 10.1. The summed E-state index contributed by atoms with van der Waals surface area (Å²) >= 11 is 0. The van der Waals surface area contributed by atoms with E-state index in [4.69, 9.17) is 0 Å². The minimum absolute atomic E-state index is 0. The number of guanidine groups is 1. The lowest BCUT2D eigenvalue weighted by Crippen LogP contribution is -2.41. The maximum absolute atomic E-state index is 4.42. The molecule has 1 atom stereocenters. The Morgan fingerprint density at radius 1 is 1.35 bits per heavy atom. The van der Waals surface area contributed by atoms with Crippen molar-refractivity contribution in [3.63, 3.8) is 0 Å². The summed E-state index contributed by atoms with van der Waals surface area (Å²) in [5.41, 5.74) is 2.62. The van der Waals surface area contributed by atoms with Crippen LogP contribution in [0.4, 0.5) is 0 Å². The average molecular weight is 430 g/mol. The van der Waals surface area contributed by atoms with Gasteiger partial charge >= 0.3 is 0 Å². The van der Waals surface area contributed by atoms with Crippen LogP contribution in [-0.2, 0) is 6.54 Å². The van der Waals surface area contributed by atoms with Crippen LogP contribution in [0, 0.1) is 12.8 Å². The maximum Gasteiger partial charge on any atom is 0.193 e. The molecule has 0 radical (unpaired) electrons. The van der Waals surface area contributed by atoms with Crippen molar-refractivity contribution in [2.75, 3.05) is 40.3 Å². The summed E-state index contributed by atoms with van der Waals surface area (Å²) in [5.74, 6) is 1.72. The van der Waals surface area contributed by atoms with E-state index in [1.807, 2.05) is 7.05 Å². The molecule has 5 heteroatoms. The van der Waals surface area contributed by atoms with Crippen molar-refractivity contribution in [1.82, 2.24) is 15.1 Å². The Labute approximate surface area is 158 Å². The van der Waals surface area contributed by atoms with Crippen LogP contribution < -0.4 is 5.32 Å². The summed E-state index contributed by atoms with van der Waals surface area (Å²) in [5, 5.41) is 3.54. The minimum atomic E-state index is 0. The molecule has 1 aliphatic heterocycles. The number of aryl methyl sites for hydroxylation is 1. The molecular formula is C18H31IN4. The predicted molar refractivity (Wildman–Crippen MR) is 110 cm³/mol. The number of aliphatic imine (C=N–C) groups is 1. The SMILES string of the molecule is CCN1CCC(CNC(=NC)N(C)Cc2ccc(C)cc2)C1.I. The zero-order valence-electron chi connectivity index (χ0n) is 14.9. The van der Waals surface area contributed by atoms with Gasteiger partial charge in [-0.3, -0.25) is 4.99 Å². The summed E-state index contributed by atoms with van der Waals surface area (Å²) in [6.07, 6.45) is 1.29. The molecule has 0 aliphatic carbocycles. The standard InChI is InChI=1S/C18H30N4.HI/c1-5-22-11-10-17(14-22)12-20-18(19-3)21(4)13-16-8-6-15(2)7-9-16;/h6-9,17H,5,10-14H2,1-4H3,(H,19,20);1H. The number of rotatable bonds is 5. The third-order valence-electron chi connectivity index (χ3n) is 4.48. The molecule has 130 valence electrons. The number of nitrogens with one attached hydrogen (secondary N) is 1. The first-order chi connectivity index (χ1) is 10.6. The quantitative estimate of drug-likeness (QED) is 0.443. The third kappa shape index (κ3) is 6.30. The highest BCUT2D eigenvalue weighted by Crippen LogP contribution is 2.14. The lowest BCUT2D eigenvalue weighted by Gasteiger charge is -2.23. The normalized spacial score (nSPS) is 18.6. The first kappa shape index (κ1) is 20.2. The fraction of sp³-hybridized carbons (Fsp3) is 0.611. The Bertz CT molecular complexity index is 486. The topological polar surface area (TPSA) is 30.9 Å². The van der Waals surface area contributed by atoms with E-state index in [1.165, 1.54) is 37.2 Å². The Balaban J connectivity index is 0.00000264. The van der Waals surface area contributed by atoms with E-state index < -0.39 is 0 Å². The van der Waals surface area contributed by atoms with Gasteiger partial charge in [0.2, 0.25) is 0 Å². The molecule has 1 aromatic carbocycles. The smallest absolute Gasteiger partial charge is 0.193 e. The molecule has 1 N–H and O–H groups in total. The van der Waals surface area contributed by atoms with Gasteiger partial charge in [-0.2, -0.15) is 0 Å². The van der Waals surface area contributed by atoms with E-state index in [0.29, 0.717) is 0 Å². The van der Waals surface area contributed by atoms with E-state index in [9.17, 15) is 0 Å². The third-order valence-corrected chi connectivity index (χ3v) is 4.48. The highest BCUT2D eigenvalue weighted by atomic mass is 127. The molecule has 1 unspecified atom stereocenters. The summed E-state index contributed by atoms with van der Waals surface area (Å²) in [6, 6.07) is 8.71. The van der Waals surface area contributed by atoms with Crippen molar-refractivity contribution in [3.8, 4) is 0 Å². The Hall–Kier alpha value is -0.820. The van der Waals surface area contributed by atoms with Gasteiger partial charge in [-0.15, -0.1) is 24.0 Å². The van der Waals surface area contributed by atoms with Crippen LogP contribution in [-0.4, -0.2) is 56.0 Å². The fourth-order valence-electron chi connectivity index (χ4n) is 3.03. The van der Waals surface area contributed by atoms with Gasteiger partial charge in [-0.1, -0.05) is 36.8 Å². The molecule has 1 saturated heterocycles. The monoisotopic (exact) mass is 430 g/mol. The largest absolute Gasteiger partial charge is 0.356 e. The highest BCUT2D eigenvalue weighted by molar-refractivity contribution is 14.0. The zero-order valence-corrected chi connectivity index (χ0v) is 17.2. The van der Waals surface area contributed by atoms with Gasteiger partial charge in [0, 0.05) is 33.7 Å². The molecule has 1 heterocycles. The van der Waals surface area contributed by atoms with E-state index in [0.717, 1.165) is 25.0 Å². The molecule has 0 bridgehead atoms. The van der Waals surface area contributed by atoms with Crippen molar-refractivity contribution in [3.05, 3.63) is 35.4 Å². The second-order valence-corrected chi connectivity index (χ2v) is 6.32. The van der Waals surface area contributed by atoms with Crippen LogP contribution >= 0.6 is 24.0 Å². The van der Waals surface area contributed by atoms with Crippen LogP contribution in [0.25, 0.3) is 0 Å². The molecule has 0 amide bonds. The number of hydrogen-bond acceptors (Lipinski definition) is 2. The lowest BCUT2D eigenvalue weighted by molar-refractivity contribution is 0.340. The molecule has 1 aromatic rings. The summed E-state index contributed by atoms with van der Waals surface area (Å²) < 4.78 is 0.